The first-order chi connectivity index (χ1) is 9.20. The molecular weight excluding hydrogens is 246 g/mol. The minimum atomic E-state index is -0.466. The number of nitrogens with zero attached hydrogens (tertiary/aromatic N) is 2. The maximum Gasteiger partial charge on any atom is 0.358 e. The molecule has 0 unspecified atom stereocenters. The van der Waals surface area contributed by atoms with Gasteiger partial charge in [-0.3, -0.25) is 0 Å². The van der Waals surface area contributed by atoms with Crippen molar-refractivity contribution in [3.63, 3.8) is 0 Å². The molecule has 1 aromatic heterocycles. The van der Waals surface area contributed by atoms with Crippen LogP contribution in [0.25, 0.3) is 5.69 Å². The van der Waals surface area contributed by atoms with E-state index in [4.69, 9.17) is 15.2 Å². The monoisotopic (exact) mass is 261 g/mol. The van der Waals surface area contributed by atoms with Gasteiger partial charge in [0.2, 0.25) is 0 Å². The predicted octanol–water partition coefficient (Wildman–Crippen LogP) is 1.26. The number of esters is 1. The van der Waals surface area contributed by atoms with E-state index in [9.17, 15) is 4.79 Å². The Morgan fingerprint density at radius 2 is 2.00 bits per heavy atom. The van der Waals surface area contributed by atoms with Gasteiger partial charge < -0.3 is 15.2 Å². The van der Waals surface area contributed by atoms with Crippen LogP contribution in [0.3, 0.4) is 0 Å². The molecule has 2 aromatic rings. The van der Waals surface area contributed by atoms with Crippen molar-refractivity contribution in [1.82, 2.24) is 9.78 Å². The number of anilines is 1. The Hall–Kier alpha value is -2.34. The van der Waals surface area contributed by atoms with Crippen molar-refractivity contribution in [3.8, 4) is 5.69 Å². The van der Waals surface area contributed by atoms with Gasteiger partial charge in [0.25, 0.3) is 0 Å². The standard InChI is InChI=1S/C13H15N3O3/c1-18-8-9-19-13(17)12-6-7-16(15-12)11-4-2-10(14)3-5-11/h2-7H,8-9,14H2,1H3. The van der Waals surface area contributed by atoms with Gasteiger partial charge in [-0.1, -0.05) is 0 Å². The van der Waals surface area contributed by atoms with Crippen LogP contribution in [0, 0.1) is 0 Å². The Labute approximate surface area is 110 Å². The molecular formula is C13H15N3O3. The zero-order valence-corrected chi connectivity index (χ0v) is 10.6. The molecule has 6 nitrogen and oxygen atoms in total. The van der Waals surface area contributed by atoms with E-state index < -0.39 is 5.97 Å². The molecule has 0 bridgehead atoms. The first-order valence-corrected chi connectivity index (χ1v) is 5.78. The summed E-state index contributed by atoms with van der Waals surface area (Å²) in [5.41, 5.74) is 7.37. The molecule has 1 heterocycles. The molecule has 100 valence electrons. The molecule has 0 atom stereocenters. The summed E-state index contributed by atoms with van der Waals surface area (Å²) < 4.78 is 11.4. The van der Waals surface area contributed by atoms with Gasteiger partial charge >= 0.3 is 5.97 Å². The lowest BCUT2D eigenvalue weighted by Gasteiger charge is -2.02. The number of rotatable bonds is 5. The molecule has 0 saturated heterocycles. The van der Waals surface area contributed by atoms with Crippen molar-refractivity contribution in [1.29, 1.82) is 0 Å². The molecule has 1 aromatic carbocycles. The average Bonchev–Trinajstić information content (AvgIpc) is 2.89. The molecule has 0 amide bonds. The summed E-state index contributed by atoms with van der Waals surface area (Å²) in [6.45, 7) is 0.578. The van der Waals surface area contributed by atoms with E-state index in [0.717, 1.165) is 5.69 Å². The first-order valence-electron chi connectivity index (χ1n) is 5.78. The van der Waals surface area contributed by atoms with Crippen LogP contribution in [0.4, 0.5) is 5.69 Å². The lowest BCUT2D eigenvalue weighted by molar-refractivity contribution is 0.0381. The van der Waals surface area contributed by atoms with Gasteiger partial charge in [0.05, 0.1) is 12.3 Å². The second-order valence-electron chi connectivity index (χ2n) is 3.87. The number of carbonyl (C=O) groups is 1. The van der Waals surface area contributed by atoms with Crippen molar-refractivity contribution in [3.05, 3.63) is 42.2 Å². The van der Waals surface area contributed by atoms with Crippen molar-refractivity contribution in [2.75, 3.05) is 26.1 Å². The summed E-state index contributed by atoms with van der Waals surface area (Å²) in [6.07, 6.45) is 1.69. The average molecular weight is 261 g/mol. The van der Waals surface area contributed by atoms with Gasteiger partial charge in [0, 0.05) is 19.0 Å². The number of benzene rings is 1. The van der Waals surface area contributed by atoms with E-state index in [2.05, 4.69) is 5.10 Å². The zero-order chi connectivity index (χ0) is 13.7. The molecule has 0 aliphatic carbocycles. The Bertz CT molecular complexity index is 549. The molecule has 6 heteroatoms. The van der Waals surface area contributed by atoms with Gasteiger partial charge in [0.1, 0.15) is 6.61 Å². The fourth-order valence-corrected chi connectivity index (χ4v) is 1.50. The Morgan fingerprint density at radius 3 is 2.68 bits per heavy atom. The Balaban J connectivity index is 2.06. The van der Waals surface area contributed by atoms with Gasteiger partial charge in [-0.05, 0) is 30.3 Å². The lowest BCUT2D eigenvalue weighted by Crippen LogP contribution is -2.11. The largest absolute Gasteiger partial charge is 0.458 e. The van der Waals surface area contributed by atoms with Crippen molar-refractivity contribution in [2.24, 2.45) is 0 Å². The predicted molar refractivity (Wildman–Crippen MR) is 70.1 cm³/mol. The third-order valence-corrected chi connectivity index (χ3v) is 2.48. The molecule has 0 saturated carbocycles. The first kappa shape index (κ1) is 13.1. The summed E-state index contributed by atoms with van der Waals surface area (Å²) >= 11 is 0. The highest BCUT2D eigenvalue weighted by Crippen LogP contribution is 2.11. The minimum Gasteiger partial charge on any atom is -0.458 e. The van der Waals surface area contributed by atoms with Crippen LogP contribution >= 0.6 is 0 Å². The number of nitrogens with two attached hydrogens (primary N) is 1. The summed E-state index contributed by atoms with van der Waals surface area (Å²) in [7, 11) is 1.55. The summed E-state index contributed by atoms with van der Waals surface area (Å²) in [4.78, 5) is 11.6. The van der Waals surface area contributed by atoms with Gasteiger partial charge in [-0.25, -0.2) is 9.48 Å². The number of nitrogen functional groups attached to an aromatic ring is 1. The van der Waals surface area contributed by atoms with Gasteiger partial charge in [-0.15, -0.1) is 0 Å². The Kier molecular flexibility index (Phi) is 4.15. The third-order valence-electron chi connectivity index (χ3n) is 2.48. The number of carbonyl (C=O) groups excluding carboxylic acids is 1. The van der Waals surface area contributed by atoms with Crippen LogP contribution in [0.5, 0.6) is 0 Å². The molecule has 0 aliphatic heterocycles. The highest BCUT2D eigenvalue weighted by Gasteiger charge is 2.11. The van der Waals surface area contributed by atoms with Crippen LogP contribution in [-0.4, -0.2) is 36.1 Å². The van der Waals surface area contributed by atoms with E-state index >= 15 is 0 Å². The number of hydrogen-bond donors (Lipinski definition) is 1. The van der Waals surface area contributed by atoms with E-state index in [0.29, 0.717) is 12.3 Å². The third kappa shape index (κ3) is 3.32. The van der Waals surface area contributed by atoms with Crippen LogP contribution in [0.2, 0.25) is 0 Å². The molecule has 0 aliphatic rings. The van der Waals surface area contributed by atoms with Crippen LogP contribution in [0.15, 0.2) is 36.5 Å². The molecule has 2 rings (SSSR count). The minimum absolute atomic E-state index is 0.212. The van der Waals surface area contributed by atoms with Crippen LogP contribution in [0.1, 0.15) is 10.5 Å². The number of ether oxygens (including phenoxy) is 2. The molecule has 19 heavy (non-hydrogen) atoms. The van der Waals surface area contributed by atoms with Crippen molar-refractivity contribution >= 4 is 11.7 Å². The second-order valence-corrected chi connectivity index (χ2v) is 3.87. The van der Waals surface area contributed by atoms with Crippen molar-refractivity contribution in [2.45, 2.75) is 0 Å². The topological polar surface area (TPSA) is 79.4 Å². The summed E-state index contributed by atoms with van der Waals surface area (Å²) in [5.74, 6) is -0.466. The zero-order valence-electron chi connectivity index (χ0n) is 10.6. The van der Waals surface area contributed by atoms with Crippen LogP contribution in [-0.2, 0) is 9.47 Å². The van der Waals surface area contributed by atoms with Gasteiger partial charge in [0.15, 0.2) is 5.69 Å². The van der Waals surface area contributed by atoms with Gasteiger partial charge in [-0.2, -0.15) is 5.10 Å². The van der Waals surface area contributed by atoms with Crippen LogP contribution < -0.4 is 5.73 Å². The fourth-order valence-electron chi connectivity index (χ4n) is 1.50. The maximum absolute atomic E-state index is 11.6. The molecule has 0 fully saturated rings. The summed E-state index contributed by atoms with van der Waals surface area (Å²) in [6, 6.07) is 8.79. The SMILES string of the molecule is COCCOC(=O)c1ccn(-c2ccc(N)cc2)n1. The highest BCUT2D eigenvalue weighted by molar-refractivity contribution is 5.87. The fraction of sp³-hybridized carbons (Fsp3) is 0.231. The molecule has 0 radical (unpaired) electrons. The second kappa shape index (κ2) is 6.01. The molecule has 2 N–H and O–H groups in total. The van der Waals surface area contributed by atoms with E-state index in [1.54, 1.807) is 36.2 Å². The van der Waals surface area contributed by atoms with Crippen molar-refractivity contribution < 1.29 is 14.3 Å². The Morgan fingerprint density at radius 1 is 1.26 bits per heavy atom. The smallest absolute Gasteiger partial charge is 0.358 e. The summed E-state index contributed by atoms with van der Waals surface area (Å²) in [5, 5.41) is 4.15. The number of aromatic nitrogens is 2. The number of methoxy groups -OCH3 is 1. The number of hydrogen-bond acceptors (Lipinski definition) is 5. The van der Waals surface area contributed by atoms with E-state index in [-0.39, 0.29) is 12.3 Å². The highest BCUT2D eigenvalue weighted by atomic mass is 16.6. The quantitative estimate of drug-likeness (QED) is 0.498. The maximum atomic E-state index is 11.6. The lowest BCUT2D eigenvalue weighted by atomic mass is 10.3. The van der Waals surface area contributed by atoms with E-state index in [1.165, 1.54) is 0 Å². The normalized spacial score (nSPS) is 10.4. The molecule has 0 spiro atoms. The van der Waals surface area contributed by atoms with E-state index in [1.807, 2.05) is 12.1 Å².